The summed E-state index contributed by atoms with van der Waals surface area (Å²) in [5.74, 6) is 0.269. The summed E-state index contributed by atoms with van der Waals surface area (Å²) in [6, 6.07) is 5.78. The summed E-state index contributed by atoms with van der Waals surface area (Å²) in [5.41, 5.74) is -1.08. The van der Waals surface area contributed by atoms with Crippen molar-refractivity contribution in [3.05, 3.63) is 48.8 Å². The van der Waals surface area contributed by atoms with E-state index in [-0.39, 0.29) is 17.4 Å². The van der Waals surface area contributed by atoms with Gasteiger partial charge in [-0.1, -0.05) is 13.0 Å². The fourth-order valence-electron chi connectivity index (χ4n) is 2.14. The monoisotopic (exact) mass is 304 g/mol. The topological polar surface area (TPSA) is 79.8 Å². The van der Waals surface area contributed by atoms with Crippen LogP contribution in [0.25, 0.3) is 0 Å². The molecule has 2 heterocycles. The summed E-state index contributed by atoms with van der Waals surface area (Å²) >= 11 is 1.59. The Morgan fingerprint density at radius 3 is 2.62 bits per heavy atom. The summed E-state index contributed by atoms with van der Waals surface area (Å²) in [7, 11) is 2.91. The molecule has 0 amide bonds. The summed E-state index contributed by atoms with van der Waals surface area (Å²) in [6.07, 6.45) is 0.773. The van der Waals surface area contributed by atoms with E-state index in [2.05, 4.69) is 5.32 Å². The van der Waals surface area contributed by atoms with Crippen molar-refractivity contribution in [2.75, 3.05) is 5.32 Å². The number of nitrogens with zero attached hydrogens (tertiary/aromatic N) is 3. The number of rotatable bonds is 4. The number of nitrogens with one attached hydrogen (secondary N) is 1. The highest BCUT2D eigenvalue weighted by molar-refractivity contribution is 7.10. The van der Waals surface area contributed by atoms with Crippen molar-refractivity contribution < 1.29 is 0 Å². The molecule has 1 atom stereocenters. The minimum atomic E-state index is -0.580. The molecule has 0 bridgehead atoms. The normalized spacial score (nSPS) is 11.9. The molecule has 2 rings (SSSR count). The molecular formula is C14H16N4O2S. The van der Waals surface area contributed by atoms with Crippen LogP contribution in [0.15, 0.2) is 27.1 Å². The van der Waals surface area contributed by atoms with Gasteiger partial charge in [0, 0.05) is 19.0 Å². The van der Waals surface area contributed by atoms with E-state index >= 15 is 0 Å². The van der Waals surface area contributed by atoms with Gasteiger partial charge in [-0.15, -0.1) is 11.3 Å². The van der Waals surface area contributed by atoms with E-state index in [0.717, 1.165) is 15.9 Å². The number of nitriles is 1. The van der Waals surface area contributed by atoms with Gasteiger partial charge in [0.05, 0.1) is 6.04 Å². The summed E-state index contributed by atoms with van der Waals surface area (Å²) in [4.78, 5) is 25.1. The van der Waals surface area contributed by atoms with Crippen LogP contribution in [0.4, 0.5) is 5.82 Å². The largest absolute Gasteiger partial charge is 0.362 e. The van der Waals surface area contributed by atoms with Crippen LogP contribution in [0.1, 0.15) is 29.8 Å². The zero-order valence-electron chi connectivity index (χ0n) is 12.1. The minimum Gasteiger partial charge on any atom is -0.362 e. The van der Waals surface area contributed by atoms with Gasteiger partial charge < -0.3 is 5.32 Å². The Labute approximate surface area is 125 Å². The first-order valence-corrected chi connectivity index (χ1v) is 7.39. The average molecular weight is 304 g/mol. The lowest BCUT2D eigenvalue weighted by atomic mass is 10.2. The van der Waals surface area contributed by atoms with Gasteiger partial charge in [0.15, 0.2) is 5.56 Å². The van der Waals surface area contributed by atoms with Gasteiger partial charge >= 0.3 is 5.69 Å². The maximum Gasteiger partial charge on any atom is 0.332 e. The number of hydrogen-bond donors (Lipinski definition) is 1. The van der Waals surface area contributed by atoms with Crippen molar-refractivity contribution in [1.82, 2.24) is 9.13 Å². The van der Waals surface area contributed by atoms with Gasteiger partial charge in [0.1, 0.15) is 11.9 Å². The lowest BCUT2D eigenvalue weighted by Gasteiger charge is -2.20. The molecule has 110 valence electrons. The Balaban J connectivity index is 2.57. The second-order valence-electron chi connectivity index (χ2n) is 4.66. The van der Waals surface area contributed by atoms with Gasteiger partial charge in [-0.2, -0.15) is 5.26 Å². The molecule has 7 heteroatoms. The maximum absolute atomic E-state index is 12.0. The Morgan fingerprint density at radius 1 is 1.38 bits per heavy atom. The fraction of sp³-hybridized carbons (Fsp3) is 0.357. The van der Waals surface area contributed by atoms with Crippen LogP contribution in [-0.2, 0) is 14.1 Å². The lowest BCUT2D eigenvalue weighted by Crippen LogP contribution is -2.40. The molecule has 6 nitrogen and oxygen atoms in total. The Morgan fingerprint density at radius 2 is 2.10 bits per heavy atom. The second kappa shape index (κ2) is 5.97. The van der Waals surface area contributed by atoms with Crippen LogP contribution in [0.2, 0.25) is 0 Å². The maximum atomic E-state index is 12.0. The number of anilines is 1. The van der Waals surface area contributed by atoms with Gasteiger partial charge in [-0.3, -0.25) is 13.9 Å². The highest BCUT2D eigenvalue weighted by Gasteiger charge is 2.19. The van der Waals surface area contributed by atoms with Gasteiger partial charge in [0.25, 0.3) is 5.56 Å². The van der Waals surface area contributed by atoms with Crippen molar-refractivity contribution in [1.29, 1.82) is 5.26 Å². The zero-order valence-corrected chi connectivity index (χ0v) is 12.9. The van der Waals surface area contributed by atoms with Crippen LogP contribution >= 0.6 is 11.3 Å². The molecule has 0 aliphatic carbocycles. The van der Waals surface area contributed by atoms with E-state index < -0.39 is 11.2 Å². The van der Waals surface area contributed by atoms with Crippen molar-refractivity contribution >= 4 is 17.2 Å². The molecule has 1 N–H and O–H groups in total. The standard InChI is InChI=1S/C14H16N4O2S/c1-4-10(11-6-5-7-21-11)16-12-9(8-15)13(19)18(3)14(20)17(12)2/h5-7,10,16H,4H2,1-3H3. The zero-order chi connectivity index (χ0) is 15.6. The minimum absolute atomic E-state index is 0.0465. The first kappa shape index (κ1) is 15.1. The SMILES string of the molecule is CCC(Nc1c(C#N)c(=O)n(C)c(=O)n1C)c1cccs1. The van der Waals surface area contributed by atoms with Crippen molar-refractivity contribution in [2.24, 2.45) is 14.1 Å². The molecule has 0 aliphatic heterocycles. The second-order valence-corrected chi connectivity index (χ2v) is 5.64. The molecular weight excluding hydrogens is 288 g/mol. The summed E-state index contributed by atoms with van der Waals surface area (Å²) in [6.45, 7) is 2.00. The van der Waals surface area contributed by atoms with Gasteiger partial charge in [-0.25, -0.2) is 4.79 Å². The molecule has 0 spiro atoms. The third-order valence-corrected chi connectivity index (χ3v) is 4.37. The molecule has 0 saturated heterocycles. The molecule has 0 aliphatic rings. The molecule has 0 radical (unpaired) electrons. The van der Waals surface area contributed by atoms with E-state index in [0.29, 0.717) is 0 Å². The molecule has 0 saturated carbocycles. The Bertz CT molecular complexity index is 796. The highest BCUT2D eigenvalue weighted by Crippen LogP contribution is 2.26. The average Bonchev–Trinajstić information content (AvgIpc) is 3.01. The summed E-state index contributed by atoms with van der Waals surface area (Å²) < 4.78 is 2.24. The van der Waals surface area contributed by atoms with Crippen LogP contribution in [0.3, 0.4) is 0 Å². The third-order valence-electron chi connectivity index (χ3n) is 3.38. The predicted octanol–water partition coefficient (Wildman–Crippen LogP) is 1.58. The lowest BCUT2D eigenvalue weighted by molar-refractivity contribution is 0.668. The van der Waals surface area contributed by atoms with Crippen molar-refractivity contribution in [2.45, 2.75) is 19.4 Å². The Kier molecular flexibility index (Phi) is 4.29. The molecule has 2 aromatic heterocycles. The first-order chi connectivity index (χ1) is 10.0. The third kappa shape index (κ3) is 2.62. The van der Waals surface area contributed by atoms with E-state index in [4.69, 9.17) is 0 Å². The molecule has 1 unspecified atom stereocenters. The van der Waals surface area contributed by atoms with Crippen LogP contribution in [-0.4, -0.2) is 9.13 Å². The smallest absolute Gasteiger partial charge is 0.332 e. The van der Waals surface area contributed by atoms with Crippen LogP contribution in [0, 0.1) is 11.3 Å². The van der Waals surface area contributed by atoms with Gasteiger partial charge in [0.2, 0.25) is 0 Å². The van der Waals surface area contributed by atoms with Crippen molar-refractivity contribution in [3.63, 3.8) is 0 Å². The Hall–Kier alpha value is -2.33. The van der Waals surface area contributed by atoms with E-state index in [1.54, 1.807) is 18.4 Å². The molecule has 21 heavy (non-hydrogen) atoms. The van der Waals surface area contributed by atoms with E-state index in [1.807, 2.05) is 30.5 Å². The number of thiophene rings is 1. The highest BCUT2D eigenvalue weighted by atomic mass is 32.1. The summed E-state index contributed by atoms with van der Waals surface area (Å²) in [5, 5.41) is 14.4. The van der Waals surface area contributed by atoms with E-state index in [9.17, 15) is 14.9 Å². The first-order valence-electron chi connectivity index (χ1n) is 6.51. The number of hydrogen-bond acceptors (Lipinski definition) is 5. The molecule has 0 fully saturated rings. The van der Waals surface area contributed by atoms with Crippen molar-refractivity contribution in [3.8, 4) is 6.07 Å². The van der Waals surface area contributed by atoms with Crippen LogP contribution in [0.5, 0.6) is 0 Å². The molecule has 0 aromatic carbocycles. The predicted molar refractivity (Wildman–Crippen MR) is 82.6 cm³/mol. The van der Waals surface area contributed by atoms with Gasteiger partial charge in [-0.05, 0) is 17.9 Å². The number of aromatic nitrogens is 2. The fourth-order valence-corrected chi connectivity index (χ4v) is 3.00. The molecule has 2 aromatic rings. The van der Waals surface area contributed by atoms with E-state index in [1.165, 1.54) is 11.6 Å². The van der Waals surface area contributed by atoms with Crippen LogP contribution < -0.4 is 16.6 Å². The quantitative estimate of drug-likeness (QED) is 0.930.